The molecular formula is C14H9ClN4O. The van der Waals surface area contributed by atoms with E-state index in [-0.39, 0.29) is 11.4 Å². The van der Waals surface area contributed by atoms with Gasteiger partial charge in [-0.25, -0.2) is 4.98 Å². The van der Waals surface area contributed by atoms with Crippen LogP contribution in [0.1, 0.15) is 0 Å². The fraction of sp³-hybridized carbons (Fsp3) is 0. The van der Waals surface area contributed by atoms with Crippen LogP contribution in [0.3, 0.4) is 0 Å². The van der Waals surface area contributed by atoms with Crippen molar-refractivity contribution in [2.75, 3.05) is 0 Å². The number of halogens is 1. The second kappa shape index (κ2) is 5.22. The Hall–Kier alpha value is -2.53. The summed E-state index contributed by atoms with van der Waals surface area (Å²) in [5, 5.41) is 19.2. The average Bonchev–Trinajstić information content (AvgIpc) is 2.50. The summed E-state index contributed by atoms with van der Waals surface area (Å²) in [5.74, 6) is 0.397. The molecule has 98 valence electrons. The van der Waals surface area contributed by atoms with Crippen LogP contribution in [-0.4, -0.2) is 15.1 Å². The number of phenolic OH excluding ortho intramolecular Hbond substituents is 1. The summed E-state index contributed by atoms with van der Waals surface area (Å²) in [7, 11) is 0. The number of aromatic nitrogens is 2. The number of hydrogen-bond acceptors (Lipinski definition) is 5. The lowest BCUT2D eigenvalue weighted by Crippen LogP contribution is -1.81. The van der Waals surface area contributed by atoms with Crippen molar-refractivity contribution >= 4 is 34.0 Å². The maximum Gasteiger partial charge on any atom is 0.174 e. The van der Waals surface area contributed by atoms with Gasteiger partial charge in [0.2, 0.25) is 0 Å². The van der Waals surface area contributed by atoms with Gasteiger partial charge in [-0.2, -0.15) is 0 Å². The molecule has 0 bridgehead atoms. The molecule has 3 rings (SSSR count). The molecule has 0 saturated heterocycles. The van der Waals surface area contributed by atoms with Crippen LogP contribution < -0.4 is 0 Å². The molecule has 0 amide bonds. The molecule has 6 heteroatoms. The normalized spacial score (nSPS) is 11.2. The van der Waals surface area contributed by atoms with Gasteiger partial charge >= 0.3 is 0 Å². The first-order valence-corrected chi connectivity index (χ1v) is 6.22. The zero-order valence-corrected chi connectivity index (χ0v) is 11.0. The molecule has 20 heavy (non-hydrogen) atoms. The quantitative estimate of drug-likeness (QED) is 0.709. The highest BCUT2D eigenvalue weighted by Gasteiger charge is 2.10. The Labute approximate surface area is 119 Å². The highest BCUT2D eigenvalue weighted by molar-refractivity contribution is 6.36. The number of rotatable bonds is 2. The van der Waals surface area contributed by atoms with Crippen molar-refractivity contribution in [1.82, 2.24) is 9.97 Å². The third-order valence-corrected chi connectivity index (χ3v) is 3.02. The van der Waals surface area contributed by atoms with Crippen LogP contribution in [0.2, 0.25) is 5.02 Å². The maximum atomic E-state index is 10.2. The second-order valence-corrected chi connectivity index (χ2v) is 4.42. The van der Waals surface area contributed by atoms with E-state index in [2.05, 4.69) is 20.2 Å². The van der Waals surface area contributed by atoms with Crippen LogP contribution >= 0.6 is 11.6 Å². The molecular weight excluding hydrogens is 276 g/mol. The lowest BCUT2D eigenvalue weighted by Gasteiger charge is -2.04. The topological polar surface area (TPSA) is 70.7 Å². The van der Waals surface area contributed by atoms with Crippen LogP contribution in [0.25, 0.3) is 10.9 Å². The molecule has 5 nitrogen and oxygen atoms in total. The van der Waals surface area contributed by atoms with Crippen molar-refractivity contribution in [3.63, 3.8) is 0 Å². The van der Waals surface area contributed by atoms with E-state index in [1.54, 1.807) is 48.8 Å². The molecule has 0 spiro atoms. The summed E-state index contributed by atoms with van der Waals surface area (Å²) in [6.07, 6.45) is 3.20. The van der Waals surface area contributed by atoms with E-state index in [0.717, 1.165) is 0 Å². The number of phenols is 1. The predicted molar refractivity (Wildman–Crippen MR) is 76.8 cm³/mol. The molecule has 0 atom stereocenters. The molecule has 0 radical (unpaired) electrons. The maximum absolute atomic E-state index is 10.2. The highest BCUT2D eigenvalue weighted by Crippen LogP contribution is 2.38. The van der Waals surface area contributed by atoms with Gasteiger partial charge in [-0.15, -0.1) is 10.2 Å². The van der Waals surface area contributed by atoms with Gasteiger partial charge in [0, 0.05) is 17.8 Å². The van der Waals surface area contributed by atoms with Gasteiger partial charge in [0.15, 0.2) is 11.6 Å². The van der Waals surface area contributed by atoms with Crippen molar-refractivity contribution in [3.8, 4) is 5.75 Å². The summed E-state index contributed by atoms with van der Waals surface area (Å²) >= 11 is 6.15. The van der Waals surface area contributed by atoms with Crippen molar-refractivity contribution < 1.29 is 5.11 Å². The van der Waals surface area contributed by atoms with Crippen LogP contribution in [0, 0.1) is 0 Å². The van der Waals surface area contributed by atoms with Crippen LogP contribution in [0.15, 0.2) is 59.0 Å². The molecule has 3 aromatic rings. The fourth-order valence-electron chi connectivity index (χ4n) is 1.77. The van der Waals surface area contributed by atoms with E-state index >= 15 is 0 Å². The molecule has 2 heterocycles. The standard InChI is InChI=1S/C14H9ClN4O/c15-10-8-11(18-19-12-5-1-2-6-16-12)14(20)13-9(10)4-3-7-17-13/h1-8,20H. The first-order valence-electron chi connectivity index (χ1n) is 5.84. The van der Waals surface area contributed by atoms with Crippen LogP contribution in [0.4, 0.5) is 11.5 Å². The molecule has 0 fully saturated rings. The van der Waals surface area contributed by atoms with E-state index in [9.17, 15) is 5.11 Å². The van der Waals surface area contributed by atoms with Crippen LogP contribution in [0.5, 0.6) is 5.75 Å². The Morgan fingerprint density at radius 2 is 1.85 bits per heavy atom. The third-order valence-electron chi connectivity index (χ3n) is 2.70. The largest absolute Gasteiger partial charge is 0.504 e. The van der Waals surface area contributed by atoms with Gasteiger partial charge in [0.05, 0.1) is 5.02 Å². The van der Waals surface area contributed by atoms with Crippen LogP contribution in [-0.2, 0) is 0 Å². The van der Waals surface area contributed by atoms with E-state index in [1.807, 2.05) is 0 Å². The third kappa shape index (κ3) is 2.31. The number of hydrogen-bond donors (Lipinski definition) is 1. The van der Waals surface area contributed by atoms with Crippen molar-refractivity contribution in [1.29, 1.82) is 0 Å². The zero-order valence-electron chi connectivity index (χ0n) is 10.2. The van der Waals surface area contributed by atoms with Gasteiger partial charge in [-0.3, -0.25) is 4.98 Å². The minimum Gasteiger partial charge on any atom is -0.504 e. The minimum absolute atomic E-state index is 0.0512. The second-order valence-electron chi connectivity index (χ2n) is 4.01. The van der Waals surface area contributed by atoms with Crippen molar-refractivity contribution in [2.45, 2.75) is 0 Å². The molecule has 0 unspecified atom stereocenters. The first kappa shape index (κ1) is 12.5. The van der Waals surface area contributed by atoms with Gasteiger partial charge in [-0.1, -0.05) is 17.7 Å². The monoisotopic (exact) mass is 284 g/mol. The summed E-state index contributed by atoms with van der Waals surface area (Å²) in [6, 6.07) is 10.4. The zero-order chi connectivity index (χ0) is 13.9. The summed E-state index contributed by atoms with van der Waals surface area (Å²) < 4.78 is 0. The molecule has 1 N–H and O–H groups in total. The lowest BCUT2D eigenvalue weighted by molar-refractivity contribution is 0.481. The summed E-state index contributed by atoms with van der Waals surface area (Å²) in [6.45, 7) is 0. The molecule has 0 aliphatic carbocycles. The number of azo groups is 1. The molecule has 0 saturated carbocycles. The molecule has 1 aromatic carbocycles. The van der Waals surface area contributed by atoms with Gasteiger partial charge in [0.1, 0.15) is 11.2 Å². The number of aromatic hydroxyl groups is 1. The number of benzene rings is 1. The summed E-state index contributed by atoms with van der Waals surface area (Å²) in [5.41, 5.74) is 0.654. The van der Waals surface area contributed by atoms with Crippen molar-refractivity contribution in [2.24, 2.45) is 10.2 Å². The van der Waals surface area contributed by atoms with E-state index in [0.29, 0.717) is 21.7 Å². The Kier molecular flexibility index (Phi) is 3.26. The Bertz CT molecular complexity index is 790. The van der Waals surface area contributed by atoms with Gasteiger partial charge < -0.3 is 5.11 Å². The number of nitrogens with zero attached hydrogens (tertiary/aromatic N) is 4. The van der Waals surface area contributed by atoms with E-state index < -0.39 is 0 Å². The first-order chi connectivity index (χ1) is 9.75. The SMILES string of the molecule is Oc1c(N=Nc2ccccn2)cc(Cl)c2cccnc12. The average molecular weight is 285 g/mol. The Morgan fingerprint density at radius 1 is 1.00 bits per heavy atom. The Balaban J connectivity index is 2.09. The fourth-order valence-corrected chi connectivity index (χ4v) is 2.02. The molecule has 0 aliphatic heterocycles. The molecule has 0 aliphatic rings. The predicted octanol–water partition coefficient (Wildman–Crippen LogP) is 4.40. The van der Waals surface area contributed by atoms with E-state index in [4.69, 9.17) is 11.6 Å². The van der Waals surface area contributed by atoms with E-state index in [1.165, 1.54) is 0 Å². The molecule has 2 aromatic heterocycles. The smallest absolute Gasteiger partial charge is 0.174 e. The lowest BCUT2D eigenvalue weighted by atomic mass is 10.2. The van der Waals surface area contributed by atoms with Crippen molar-refractivity contribution in [3.05, 3.63) is 53.8 Å². The Morgan fingerprint density at radius 3 is 2.65 bits per heavy atom. The number of pyridine rings is 2. The van der Waals surface area contributed by atoms with Gasteiger partial charge in [0.25, 0.3) is 0 Å². The number of fused-ring (bicyclic) bond motifs is 1. The highest BCUT2D eigenvalue weighted by atomic mass is 35.5. The van der Waals surface area contributed by atoms with Gasteiger partial charge in [-0.05, 0) is 30.3 Å². The minimum atomic E-state index is -0.0512. The summed E-state index contributed by atoms with van der Waals surface area (Å²) in [4.78, 5) is 8.12.